The summed E-state index contributed by atoms with van der Waals surface area (Å²) in [7, 11) is 0. The molecule has 2 heterocycles. The summed E-state index contributed by atoms with van der Waals surface area (Å²) in [4.78, 5) is 15.1. The highest BCUT2D eigenvalue weighted by atomic mass is 79.9. The van der Waals surface area contributed by atoms with Gasteiger partial charge in [0.2, 0.25) is 0 Å². The molecule has 6 nitrogen and oxygen atoms in total. The number of carbonyl (C=O) groups excluding carboxylic acids is 1. The smallest absolute Gasteiger partial charge is 0.254 e. The van der Waals surface area contributed by atoms with E-state index in [1.807, 2.05) is 6.07 Å². The zero-order valence-electron chi connectivity index (χ0n) is 8.09. The average Bonchev–Trinajstić information content (AvgIpc) is 2.61. The summed E-state index contributed by atoms with van der Waals surface area (Å²) < 4.78 is 2.26. The van der Waals surface area contributed by atoms with Gasteiger partial charge in [0, 0.05) is 16.9 Å². The van der Waals surface area contributed by atoms with Gasteiger partial charge in [-0.2, -0.15) is 0 Å². The van der Waals surface area contributed by atoms with Crippen LogP contribution in [0.25, 0.3) is 5.82 Å². The molecule has 82 valence electrons. The minimum absolute atomic E-state index is 0.0946. The van der Waals surface area contributed by atoms with Crippen LogP contribution in [0.4, 0.5) is 5.82 Å². The molecule has 4 N–H and O–H groups in total. The molecule has 0 aromatic carbocycles. The zero-order chi connectivity index (χ0) is 11.7. The fourth-order valence-corrected chi connectivity index (χ4v) is 1.43. The normalized spacial score (nSPS) is 10.3. The number of anilines is 1. The second-order valence-electron chi connectivity index (χ2n) is 3.07. The van der Waals surface area contributed by atoms with Gasteiger partial charge in [-0.05, 0) is 28.1 Å². The number of pyridine rings is 1. The number of halogens is 1. The van der Waals surface area contributed by atoms with Crippen molar-refractivity contribution in [1.29, 1.82) is 0 Å². The SMILES string of the molecule is NC(=O)c1cn(-c2ccc(Br)cn2)nc1N. The first-order chi connectivity index (χ1) is 7.58. The molecule has 16 heavy (non-hydrogen) atoms. The van der Waals surface area contributed by atoms with E-state index in [-0.39, 0.29) is 11.4 Å². The maximum Gasteiger partial charge on any atom is 0.254 e. The Hall–Kier alpha value is -1.89. The molecule has 0 saturated heterocycles. The van der Waals surface area contributed by atoms with Crippen molar-refractivity contribution in [2.45, 2.75) is 0 Å². The molecule has 7 heteroatoms. The van der Waals surface area contributed by atoms with Crippen molar-refractivity contribution in [3.8, 4) is 5.82 Å². The molecule has 0 radical (unpaired) electrons. The second kappa shape index (κ2) is 3.93. The first-order valence-electron chi connectivity index (χ1n) is 4.35. The van der Waals surface area contributed by atoms with E-state index >= 15 is 0 Å². The maximum atomic E-state index is 11.0. The molecule has 0 aliphatic rings. The third-order valence-corrected chi connectivity index (χ3v) is 2.42. The Bertz CT molecular complexity index is 533. The standard InChI is InChI=1S/C9H8BrN5O/c10-5-1-2-7(13-3-5)15-4-6(9(12)16)8(11)14-15/h1-4H,(H2,11,14)(H2,12,16). The lowest BCUT2D eigenvalue weighted by molar-refractivity contribution is 0.100. The van der Waals surface area contributed by atoms with Crippen molar-refractivity contribution in [1.82, 2.24) is 14.8 Å². The monoisotopic (exact) mass is 281 g/mol. The highest BCUT2D eigenvalue weighted by molar-refractivity contribution is 9.10. The Balaban J connectivity index is 2.45. The summed E-state index contributed by atoms with van der Waals surface area (Å²) in [5, 5.41) is 3.95. The lowest BCUT2D eigenvalue weighted by Crippen LogP contribution is -2.11. The Morgan fingerprint density at radius 2 is 2.19 bits per heavy atom. The summed E-state index contributed by atoms with van der Waals surface area (Å²) in [5.74, 6) is 0.0421. The number of hydrogen-bond donors (Lipinski definition) is 2. The highest BCUT2D eigenvalue weighted by Crippen LogP contribution is 2.14. The number of primary amides is 1. The molecule has 0 fully saturated rings. The summed E-state index contributed by atoms with van der Waals surface area (Å²) in [6, 6.07) is 3.55. The third-order valence-electron chi connectivity index (χ3n) is 1.95. The maximum absolute atomic E-state index is 11.0. The molecular weight excluding hydrogens is 274 g/mol. The largest absolute Gasteiger partial charge is 0.382 e. The van der Waals surface area contributed by atoms with Crippen molar-refractivity contribution in [3.05, 3.63) is 34.6 Å². The van der Waals surface area contributed by atoms with E-state index in [0.717, 1.165) is 4.47 Å². The highest BCUT2D eigenvalue weighted by Gasteiger charge is 2.12. The lowest BCUT2D eigenvalue weighted by Gasteiger charge is -1.98. The number of carbonyl (C=O) groups is 1. The number of hydrogen-bond acceptors (Lipinski definition) is 4. The topological polar surface area (TPSA) is 99.8 Å². The molecule has 0 atom stereocenters. The Labute approximate surface area is 99.4 Å². The molecule has 0 unspecified atom stereocenters. The average molecular weight is 282 g/mol. The van der Waals surface area contributed by atoms with Gasteiger partial charge in [0.25, 0.3) is 5.91 Å². The molecular formula is C9H8BrN5O. The first kappa shape index (κ1) is 10.6. The van der Waals surface area contributed by atoms with Crippen LogP contribution >= 0.6 is 15.9 Å². The van der Waals surface area contributed by atoms with Crippen molar-refractivity contribution in [2.75, 3.05) is 5.73 Å². The second-order valence-corrected chi connectivity index (χ2v) is 3.99. The Morgan fingerprint density at radius 3 is 2.69 bits per heavy atom. The number of amides is 1. The van der Waals surface area contributed by atoms with Crippen LogP contribution in [-0.4, -0.2) is 20.7 Å². The van der Waals surface area contributed by atoms with Gasteiger partial charge in [-0.15, -0.1) is 5.10 Å². The van der Waals surface area contributed by atoms with E-state index < -0.39 is 5.91 Å². The lowest BCUT2D eigenvalue weighted by atomic mass is 10.3. The van der Waals surface area contributed by atoms with Crippen molar-refractivity contribution < 1.29 is 4.79 Å². The van der Waals surface area contributed by atoms with Crippen LogP contribution in [-0.2, 0) is 0 Å². The summed E-state index contributed by atoms with van der Waals surface area (Å²) >= 11 is 3.27. The third kappa shape index (κ3) is 1.89. The number of aromatic nitrogens is 3. The summed E-state index contributed by atoms with van der Waals surface area (Å²) in [6.07, 6.45) is 3.07. The minimum atomic E-state index is -0.610. The van der Waals surface area contributed by atoms with Crippen LogP contribution in [0.3, 0.4) is 0 Å². The number of nitrogens with zero attached hydrogens (tertiary/aromatic N) is 3. The zero-order valence-corrected chi connectivity index (χ0v) is 9.68. The molecule has 2 aromatic rings. The van der Waals surface area contributed by atoms with E-state index in [2.05, 4.69) is 26.0 Å². The summed E-state index contributed by atoms with van der Waals surface area (Å²) in [6.45, 7) is 0. The molecule has 2 rings (SSSR count). The van der Waals surface area contributed by atoms with Crippen molar-refractivity contribution in [3.63, 3.8) is 0 Å². The first-order valence-corrected chi connectivity index (χ1v) is 5.14. The van der Waals surface area contributed by atoms with Gasteiger partial charge in [0.1, 0.15) is 5.56 Å². The number of nitrogens with two attached hydrogens (primary N) is 2. The molecule has 0 spiro atoms. The van der Waals surface area contributed by atoms with Gasteiger partial charge in [-0.1, -0.05) is 0 Å². The fraction of sp³-hybridized carbons (Fsp3) is 0. The van der Waals surface area contributed by atoms with E-state index in [0.29, 0.717) is 5.82 Å². The van der Waals surface area contributed by atoms with Crippen LogP contribution in [0.1, 0.15) is 10.4 Å². The number of rotatable bonds is 2. The number of nitrogen functional groups attached to an aromatic ring is 1. The van der Waals surface area contributed by atoms with Crippen LogP contribution in [0, 0.1) is 0 Å². The van der Waals surface area contributed by atoms with Gasteiger partial charge >= 0.3 is 0 Å². The van der Waals surface area contributed by atoms with Gasteiger partial charge in [-0.3, -0.25) is 4.79 Å². The fourth-order valence-electron chi connectivity index (χ4n) is 1.20. The van der Waals surface area contributed by atoms with E-state index in [1.165, 1.54) is 10.9 Å². The predicted octanol–water partition coefficient (Wildman–Crippen LogP) is 0.711. The molecule has 1 amide bonds. The Kier molecular flexibility index (Phi) is 2.61. The van der Waals surface area contributed by atoms with Crippen LogP contribution in [0.5, 0.6) is 0 Å². The van der Waals surface area contributed by atoms with Gasteiger partial charge in [0.05, 0.1) is 0 Å². The van der Waals surface area contributed by atoms with E-state index in [1.54, 1.807) is 12.3 Å². The quantitative estimate of drug-likeness (QED) is 0.847. The van der Waals surface area contributed by atoms with E-state index in [4.69, 9.17) is 11.5 Å². The van der Waals surface area contributed by atoms with Crippen LogP contribution in [0.2, 0.25) is 0 Å². The van der Waals surface area contributed by atoms with Gasteiger partial charge in [0.15, 0.2) is 11.6 Å². The molecule has 2 aromatic heterocycles. The van der Waals surface area contributed by atoms with Gasteiger partial charge in [-0.25, -0.2) is 9.67 Å². The molecule has 0 aliphatic heterocycles. The molecule has 0 saturated carbocycles. The van der Waals surface area contributed by atoms with Crippen LogP contribution < -0.4 is 11.5 Å². The minimum Gasteiger partial charge on any atom is -0.382 e. The molecule has 0 bridgehead atoms. The van der Waals surface area contributed by atoms with E-state index in [9.17, 15) is 4.79 Å². The Morgan fingerprint density at radius 1 is 1.44 bits per heavy atom. The van der Waals surface area contributed by atoms with Gasteiger partial charge < -0.3 is 11.5 Å². The van der Waals surface area contributed by atoms with Crippen LogP contribution in [0.15, 0.2) is 29.0 Å². The van der Waals surface area contributed by atoms with Crippen molar-refractivity contribution in [2.24, 2.45) is 5.73 Å². The predicted molar refractivity (Wildman–Crippen MR) is 62.0 cm³/mol. The summed E-state index contributed by atoms with van der Waals surface area (Å²) in [5.41, 5.74) is 10.9. The van der Waals surface area contributed by atoms with Crippen molar-refractivity contribution >= 4 is 27.7 Å². The molecule has 0 aliphatic carbocycles.